The van der Waals surface area contributed by atoms with Gasteiger partial charge in [0.2, 0.25) is 5.95 Å². The molecule has 6 nitrogen and oxygen atoms in total. The molecule has 26 heavy (non-hydrogen) atoms. The second-order valence-corrected chi connectivity index (χ2v) is 5.49. The Morgan fingerprint density at radius 1 is 1.27 bits per heavy atom. The number of hydrogen-bond donors (Lipinski definition) is 2. The smallest absolute Gasteiger partial charge is 0.270 e. The van der Waals surface area contributed by atoms with Gasteiger partial charge in [0.05, 0.1) is 11.9 Å². The molecule has 1 heterocycles. The molecule has 0 radical (unpaired) electrons. The summed E-state index contributed by atoms with van der Waals surface area (Å²) in [5.74, 6) is -0.248. The molecule has 0 amide bonds. The number of anilines is 1. The quantitative estimate of drug-likeness (QED) is 0.560. The van der Waals surface area contributed by atoms with Crippen molar-refractivity contribution in [2.45, 2.75) is 6.92 Å². The van der Waals surface area contributed by atoms with E-state index in [9.17, 15) is 14.4 Å². The molecule has 0 spiro atoms. The van der Waals surface area contributed by atoms with E-state index in [4.69, 9.17) is 0 Å². The third-order valence-corrected chi connectivity index (χ3v) is 3.66. The number of rotatable bonds is 4. The van der Waals surface area contributed by atoms with Crippen molar-refractivity contribution in [3.63, 3.8) is 0 Å². The van der Waals surface area contributed by atoms with E-state index in [1.54, 1.807) is 43.3 Å². The van der Waals surface area contributed by atoms with Gasteiger partial charge >= 0.3 is 0 Å². The third kappa shape index (κ3) is 3.65. The fourth-order valence-electron chi connectivity index (χ4n) is 2.29. The van der Waals surface area contributed by atoms with Gasteiger partial charge in [-0.2, -0.15) is 10.4 Å². The number of aryl methyl sites for hydroxylation is 1. The van der Waals surface area contributed by atoms with E-state index < -0.39 is 5.56 Å². The number of hydrazone groups is 1. The standard InChI is InChI=1S/C19H14FN5O/c1-12-7-8-13(9-16(12)20)11-22-25-19-23-17(14-5-3-2-4-6-14)15(10-21)18(26)24-19/h2-9,11H,1H3,(H2,23,24,25,26). The fourth-order valence-corrected chi connectivity index (χ4v) is 2.29. The first-order valence-corrected chi connectivity index (χ1v) is 7.73. The van der Waals surface area contributed by atoms with Crippen LogP contribution >= 0.6 is 0 Å². The molecule has 0 bridgehead atoms. The van der Waals surface area contributed by atoms with Crippen LogP contribution in [-0.4, -0.2) is 16.2 Å². The van der Waals surface area contributed by atoms with Gasteiger partial charge in [-0.15, -0.1) is 0 Å². The molecular weight excluding hydrogens is 333 g/mol. The van der Waals surface area contributed by atoms with Crippen LogP contribution in [0.4, 0.5) is 10.3 Å². The predicted octanol–water partition coefficient (Wildman–Crippen LogP) is 3.20. The van der Waals surface area contributed by atoms with Crippen LogP contribution in [0, 0.1) is 24.1 Å². The number of benzene rings is 2. The second-order valence-electron chi connectivity index (χ2n) is 5.49. The van der Waals surface area contributed by atoms with E-state index in [0.717, 1.165) is 0 Å². The van der Waals surface area contributed by atoms with Gasteiger partial charge in [0.1, 0.15) is 17.4 Å². The summed E-state index contributed by atoms with van der Waals surface area (Å²) in [5.41, 5.74) is 3.95. The van der Waals surface area contributed by atoms with Crippen molar-refractivity contribution in [3.8, 4) is 17.3 Å². The Labute approximate surface area is 148 Å². The monoisotopic (exact) mass is 347 g/mol. The molecule has 0 aliphatic carbocycles. The Morgan fingerprint density at radius 2 is 2.04 bits per heavy atom. The van der Waals surface area contributed by atoms with Crippen molar-refractivity contribution < 1.29 is 4.39 Å². The molecule has 0 aliphatic rings. The Balaban J connectivity index is 1.90. The summed E-state index contributed by atoms with van der Waals surface area (Å²) in [4.78, 5) is 18.8. The molecule has 3 rings (SSSR count). The summed E-state index contributed by atoms with van der Waals surface area (Å²) >= 11 is 0. The lowest BCUT2D eigenvalue weighted by Crippen LogP contribution is -2.16. The van der Waals surface area contributed by atoms with Crippen molar-refractivity contribution in [1.29, 1.82) is 5.26 Å². The molecule has 2 N–H and O–H groups in total. The number of halogens is 1. The summed E-state index contributed by atoms with van der Waals surface area (Å²) in [6.45, 7) is 1.67. The molecule has 2 aromatic carbocycles. The van der Waals surface area contributed by atoms with E-state index in [1.165, 1.54) is 12.3 Å². The highest BCUT2D eigenvalue weighted by atomic mass is 19.1. The molecule has 7 heteroatoms. The van der Waals surface area contributed by atoms with Crippen molar-refractivity contribution >= 4 is 12.2 Å². The van der Waals surface area contributed by atoms with Crippen molar-refractivity contribution in [2.24, 2.45) is 5.10 Å². The normalized spacial score (nSPS) is 10.7. The molecule has 0 atom stereocenters. The van der Waals surface area contributed by atoms with E-state index in [-0.39, 0.29) is 23.0 Å². The lowest BCUT2D eigenvalue weighted by molar-refractivity contribution is 0.618. The first-order valence-electron chi connectivity index (χ1n) is 7.73. The maximum absolute atomic E-state index is 13.5. The van der Waals surface area contributed by atoms with Crippen LogP contribution in [0.25, 0.3) is 11.3 Å². The number of nitrogens with zero attached hydrogens (tertiary/aromatic N) is 3. The highest BCUT2D eigenvalue weighted by molar-refractivity contribution is 5.80. The van der Waals surface area contributed by atoms with E-state index in [0.29, 0.717) is 16.7 Å². The molecule has 1 aromatic heterocycles. The maximum atomic E-state index is 13.5. The van der Waals surface area contributed by atoms with Crippen LogP contribution in [0.15, 0.2) is 58.4 Å². The van der Waals surface area contributed by atoms with E-state index in [1.807, 2.05) is 12.1 Å². The first kappa shape index (κ1) is 17.0. The Hall–Kier alpha value is -3.79. The van der Waals surface area contributed by atoms with E-state index in [2.05, 4.69) is 20.5 Å². The van der Waals surface area contributed by atoms with Crippen molar-refractivity contribution in [3.05, 3.63) is 81.4 Å². The molecule has 128 valence electrons. The van der Waals surface area contributed by atoms with Crippen LogP contribution in [0.3, 0.4) is 0 Å². The van der Waals surface area contributed by atoms with Crippen molar-refractivity contribution in [1.82, 2.24) is 9.97 Å². The minimum absolute atomic E-state index is 0.0775. The maximum Gasteiger partial charge on any atom is 0.270 e. The Bertz CT molecular complexity index is 1070. The summed E-state index contributed by atoms with van der Waals surface area (Å²) in [7, 11) is 0. The van der Waals surface area contributed by atoms with Crippen molar-refractivity contribution in [2.75, 3.05) is 5.43 Å². The van der Waals surface area contributed by atoms with Crippen LogP contribution in [0.2, 0.25) is 0 Å². The number of nitriles is 1. The van der Waals surface area contributed by atoms with Gasteiger partial charge in [0, 0.05) is 5.56 Å². The molecule has 0 aliphatic heterocycles. The summed E-state index contributed by atoms with van der Waals surface area (Å²) < 4.78 is 13.5. The first-order chi connectivity index (χ1) is 12.6. The SMILES string of the molecule is Cc1ccc(C=NNc2nc(-c3ccccc3)c(C#N)c(=O)[nH]2)cc1F. The fraction of sp³-hybridized carbons (Fsp3) is 0.0526. The van der Waals surface area contributed by atoms with Gasteiger partial charge in [-0.1, -0.05) is 42.5 Å². The zero-order chi connectivity index (χ0) is 18.5. The molecule has 0 saturated heterocycles. The minimum Gasteiger partial charge on any atom is -0.290 e. The van der Waals surface area contributed by atoms with Crippen LogP contribution in [0.1, 0.15) is 16.7 Å². The van der Waals surface area contributed by atoms with Gasteiger partial charge in [0.15, 0.2) is 0 Å². The van der Waals surface area contributed by atoms with Gasteiger partial charge in [-0.3, -0.25) is 9.78 Å². The number of H-pyrrole nitrogens is 1. The van der Waals surface area contributed by atoms with Crippen LogP contribution in [0.5, 0.6) is 0 Å². The third-order valence-electron chi connectivity index (χ3n) is 3.66. The lowest BCUT2D eigenvalue weighted by atomic mass is 10.1. The Kier molecular flexibility index (Phi) is 4.85. The number of aromatic amines is 1. The van der Waals surface area contributed by atoms with Gasteiger partial charge in [0.25, 0.3) is 5.56 Å². The zero-order valence-electron chi connectivity index (χ0n) is 13.8. The summed E-state index contributed by atoms with van der Waals surface area (Å²) in [6, 6.07) is 15.5. The molecule has 0 unspecified atom stereocenters. The van der Waals surface area contributed by atoms with Crippen LogP contribution < -0.4 is 11.0 Å². The second kappa shape index (κ2) is 7.40. The average molecular weight is 347 g/mol. The van der Waals surface area contributed by atoms with Gasteiger partial charge in [-0.25, -0.2) is 14.8 Å². The summed E-state index contributed by atoms with van der Waals surface area (Å²) in [6.07, 6.45) is 1.41. The molecule has 0 saturated carbocycles. The van der Waals surface area contributed by atoms with Crippen LogP contribution in [-0.2, 0) is 0 Å². The highest BCUT2D eigenvalue weighted by Crippen LogP contribution is 2.19. The molecule has 0 fully saturated rings. The zero-order valence-corrected chi connectivity index (χ0v) is 13.8. The van der Waals surface area contributed by atoms with E-state index >= 15 is 0 Å². The average Bonchev–Trinajstić information content (AvgIpc) is 2.65. The number of aromatic nitrogens is 2. The van der Waals surface area contributed by atoms with Gasteiger partial charge in [-0.05, 0) is 24.1 Å². The Morgan fingerprint density at radius 3 is 2.73 bits per heavy atom. The lowest BCUT2D eigenvalue weighted by Gasteiger charge is -2.06. The minimum atomic E-state index is -0.569. The largest absolute Gasteiger partial charge is 0.290 e. The molecule has 3 aromatic rings. The number of hydrogen-bond acceptors (Lipinski definition) is 5. The highest BCUT2D eigenvalue weighted by Gasteiger charge is 2.12. The molecular formula is C19H14FN5O. The van der Waals surface area contributed by atoms with Gasteiger partial charge < -0.3 is 0 Å². The number of nitrogens with one attached hydrogen (secondary N) is 2. The predicted molar refractivity (Wildman–Crippen MR) is 97.4 cm³/mol. The summed E-state index contributed by atoms with van der Waals surface area (Å²) in [5, 5.41) is 13.2. The topological polar surface area (TPSA) is 93.9 Å².